The van der Waals surface area contributed by atoms with Crippen molar-refractivity contribution in [1.82, 2.24) is 0 Å². The van der Waals surface area contributed by atoms with Gasteiger partial charge in [-0.2, -0.15) is 0 Å². The third-order valence-corrected chi connectivity index (χ3v) is 19.0. The van der Waals surface area contributed by atoms with Gasteiger partial charge in [0.15, 0.2) is 11.6 Å². The van der Waals surface area contributed by atoms with Crippen molar-refractivity contribution in [2.45, 2.75) is 293 Å². The largest absolute Gasteiger partial charge is 0.207 e. The van der Waals surface area contributed by atoms with Crippen LogP contribution in [0.15, 0.2) is 84.0 Å². The van der Waals surface area contributed by atoms with E-state index in [1.54, 1.807) is 49.3 Å². The van der Waals surface area contributed by atoms with Crippen LogP contribution >= 0.6 is 0 Å². The summed E-state index contributed by atoms with van der Waals surface area (Å²) in [6.45, 7) is 42.9. The van der Waals surface area contributed by atoms with Crippen molar-refractivity contribution in [2.24, 2.45) is 71.0 Å². The first kappa shape index (κ1) is 78.6. The lowest BCUT2D eigenvalue weighted by Crippen LogP contribution is -2.08. The van der Waals surface area contributed by atoms with Gasteiger partial charge >= 0.3 is 0 Å². The van der Waals surface area contributed by atoms with Crippen molar-refractivity contribution >= 4 is 0 Å². The molecule has 4 fully saturated rings. The van der Waals surface area contributed by atoms with Crippen molar-refractivity contribution in [3.8, 4) is 0 Å². The van der Waals surface area contributed by atoms with Crippen molar-refractivity contribution in [3.05, 3.63) is 141 Å². The smallest absolute Gasteiger partial charge is 0.161 e. The summed E-state index contributed by atoms with van der Waals surface area (Å²) in [4.78, 5) is 0. The Morgan fingerprint density at radius 2 is 0.512 bits per heavy atom. The Kier molecular flexibility index (Phi) is 42.1. The Balaban J connectivity index is 0. The van der Waals surface area contributed by atoms with Crippen LogP contribution in [0.25, 0.3) is 0 Å². The van der Waals surface area contributed by atoms with E-state index < -0.39 is 11.6 Å². The minimum Gasteiger partial charge on any atom is -0.207 e. The molecule has 7 aliphatic carbocycles. The average molecular weight is 1170 g/mol. The highest BCUT2D eigenvalue weighted by molar-refractivity contribution is 5.24. The van der Waals surface area contributed by atoms with Crippen LogP contribution in [0, 0.1) is 136 Å². The first-order valence-corrected chi connectivity index (χ1v) is 34.4. The molecule has 4 unspecified atom stereocenters. The summed E-state index contributed by atoms with van der Waals surface area (Å²) in [6.07, 6.45) is 43.8. The van der Waals surface area contributed by atoms with E-state index in [1.807, 2.05) is 26.0 Å². The van der Waals surface area contributed by atoms with E-state index in [0.29, 0.717) is 22.3 Å². The third kappa shape index (κ3) is 39.4. The molecule has 0 radical (unpaired) electrons. The quantitative estimate of drug-likeness (QED) is 0.155. The molecule has 0 spiro atoms. The lowest BCUT2D eigenvalue weighted by atomic mass is 9.84. The normalized spacial score (nSPS) is 27.7. The maximum absolute atomic E-state index is 12.6. The summed E-state index contributed by atoms with van der Waals surface area (Å²) in [7, 11) is 0. The number of hydrogen-bond donors (Lipinski definition) is 0. The van der Waals surface area contributed by atoms with E-state index in [1.165, 1.54) is 180 Å². The molecule has 0 bridgehead atoms. The summed E-state index contributed by atoms with van der Waals surface area (Å²) < 4.78 is 50.4. The van der Waals surface area contributed by atoms with Crippen molar-refractivity contribution in [2.75, 3.05) is 0 Å². The standard InChI is InChI=1S/C8H8F2.2C8H9F.4C8H16.3C8H14.2H2/c1-5-3-4-6(2)8(10)7(5)9;2*1-6-3-4-7(2)8(9)5-6;7*1-7-3-5-8(2)6-4-7;;/h3-4H,1-2H3;2*3-5H,1-2H3;4*7-8H,3-6H2,1-2H3;2*3,8H,4-6H2,1-2H3;3,5,7-8H,4,6H2,1-2H3;2*1H. The zero-order chi connectivity index (χ0) is 63.3. The fourth-order valence-corrected chi connectivity index (χ4v) is 11.1. The van der Waals surface area contributed by atoms with Gasteiger partial charge in [-0.1, -0.05) is 258 Å². The maximum atomic E-state index is 12.6. The van der Waals surface area contributed by atoms with Crippen LogP contribution in [0.3, 0.4) is 0 Å². The summed E-state index contributed by atoms with van der Waals surface area (Å²) in [5.41, 5.74) is 7.23. The topological polar surface area (TPSA) is 0 Å². The van der Waals surface area contributed by atoms with E-state index in [9.17, 15) is 17.6 Å². The van der Waals surface area contributed by atoms with Gasteiger partial charge in [0.05, 0.1) is 0 Å². The molecule has 0 N–H and O–H groups in total. The molecule has 4 atom stereocenters. The first-order chi connectivity index (χ1) is 39.5. The second kappa shape index (κ2) is 44.9. The van der Waals surface area contributed by atoms with Gasteiger partial charge in [-0.15, -0.1) is 0 Å². The Morgan fingerprint density at radius 1 is 0.286 bits per heavy atom. The van der Waals surface area contributed by atoms with Crippen LogP contribution in [-0.2, 0) is 0 Å². The lowest BCUT2D eigenvalue weighted by Gasteiger charge is -2.22. The minimum atomic E-state index is -0.736. The monoisotopic (exact) mass is 1170 g/mol. The second-order valence-corrected chi connectivity index (χ2v) is 29.1. The first-order valence-electron chi connectivity index (χ1n) is 34.4. The highest BCUT2D eigenvalue weighted by atomic mass is 19.2. The molecule has 7 aliphatic rings. The Morgan fingerprint density at radius 3 is 0.679 bits per heavy atom. The average Bonchev–Trinajstić information content (AvgIpc) is 3.51. The van der Waals surface area contributed by atoms with E-state index in [-0.39, 0.29) is 14.5 Å². The summed E-state index contributed by atoms with van der Waals surface area (Å²) in [5, 5.41) is 0. The van der Waals surface area contributed by atoms with Crippen molar-refractivity contribution in [3.63, 3.8) is 0 Å². The van der Waals surface area contributed by atoms with Gasteiger partial charge < -0.3 is 0 Å². The van der Waals surface area contributed by atoms with Gasteiger partial charge in [0.25, 0.3) is 0 Å². The summed E-state index contributed by atoms with van der Waals surface area (Å²) in [5.74, 6) is 10.0. The molecule has 484 valence electrons. The van der Waals surface area contributed by atoms with Gasteiger partial charge in [0.2, 0.25) is 0 Å². The van der Waals surface area contributed by atoms with Crippen LogP contribution in [-0.4, -0.2) is 0 Å². The molecular formula is C80H136F4. The van der Waals surface area contributed by atoms with Crippen LogP contribution in [0.4, 0.5) is 17.6 Å². The van der Waals surface area contributed by atoms with Gasteiger partial charge in [-0.3, -0.25) is 0 Å². The van der Waals surface area contributed by atoms with E-state index in [2.05, 4.69) is 121 Å². The number of halogens is 4. The fourth-order valence-electron chi connectivity index (χ4n) is 11.1. The van der Waals surface area contributed by atoms with Gasteiger partial charge in [0.1, 0.15) is 11.6 Å². The Labute approximate surface area is 522 Å². The van der Waals surface area contributed by atoms with Gasteiger partial charge in [-0.05, 0) is 223 Å². The maximum Gasteiger partial charge on any atom is 0.161 e. The number of allylic oxidation sites excluding steroid dienone is 6. The van der Waals surface area contributed by atoms with E-state index in [0.717, 1.165) is 82.1 Å². The van der Waals surface area contributed by atoms with Gasteiger partial charge in [0, 0.05) is 2.85 Å². The predicted molar refractivity (Wildman–Crippen MR) is 369 cm³/mol. The summed E-state index contributed by atoms with van der Waals surface area (Å²) >= 11 is 0. The zero-order valence-corrected chi connectivity index (χ0v) is 58.3. The summed E-state index contributed by atoms with van der Waals surface area (Å²) in [6, 6.07) is 13.6. The second-order valence-electron chi connectivity index (χ2n) is 29.1. The number of aryl methyl sites for hydroxylation is 6. The molecule has 0 amide bonds. The van der Waals surface area contributed by atoms with E-state index >= 15 is 0 Å². The molecule has 3 aromatic rings. The van der Waals surface area contributed by atoms with Crippen LogP contribution in [0.2, 0.25) is 0 Å². The molecule has 84 heavy (non-hydrogen) atoms. The number of benzene rings is 3. The molecule has 0 aromatic heterocycles. The zero-order valence-electron chi connectivity index (χ0n) is 58.3. The SMILES string of the molecule is CC1=CCC(C)CC1.CC1=CCC(C)CC1.CC1C=CC(C)CC1.CC1CCC(C)CC1.CC1CCC(C)CC1.CC1CCC(C)CC1.CC1CCC(C)CC1.Cc1ccc(C)c(F)c1.Cc1ccc(C)c(F)c1.Cc1ccc(C)c(F)c1F.[HH].[HH]. The molecule has 0 nitrogen and oxygen atoms in total. The fraction of sp³-hybridized carbons (Fsp3) is 0.700. The number of rotatable bonds is 0. The highest BCUT2D eigenvalue weighted by Gasteiger charge is 2.16. The third-order valence-electron chi connectivity index (χ3n) is 19.0. The van der Waals surface area contributed by atoms with E-state index in [4.69, 9.17) is 0 Å². The molecule has 4 heteroatoms. The molecule has 0 heterocycles. The molecular weight excluding hydrogens is 1040 g/mol. The minimum absolute atomic E-state index is 0. The molecule has 0 aliphatic heterocycles. The van der Waals surface area contributed by atoms with Crippen molar-refractivity contribution < 1.29 is 20.4 Å². The number of hydrogen-bond acceptors (Lipinski definition) is 0. The van der Waals surface area contributed by atoms with Crippen LogP contribution < -0.4 is 0 Å². The lowest BCUT2D eigenvalue weighted by molar-refractivity contribution is 0.308. The predicted octanol–water partition coefficient (Wildman–Crippen LogP) is 27.4. The molecule has 3 aromatic carbocycles. The van der Waals surface area contributed by atoms with Crippen LogP contribution in [0.5, 0.6) is 0 Å². The van der Waals surface area contributed by atoms with Gasteiger partial charge in [-0.25, -0.2) is 17.6 Å². The Hall–Kier alpha value is -3.40. The molecule has 0 saturated heterocycles. The Bertz CT molecular complexity index is 2010. The molecule has 4 saturated carbocycles. The highest BCUT2D eigenvalue weighted by Crippen LogP contribution is 2.30. The van der Waals surface area contributed by atoms with Crippen molar-refractivity contribution in [1.29, 1.82) is 0 Å². The molecule has 10 rings (SSSR count). The van der Waals surface area contributed by atoms with Crippen LogP contribution in [0.1, 0.15) is 287 Å².